The number of hydrogen-bond donors (Lipinski definition) is 1. The van der Waals surface area contributed by atoms with Gasteiger partial charge in [0, 0.05) is 23.5 Å². The van der Waals surface area contributed by atoms with E-state index in [2.05, 4.69) is 15.9 Å². The molecule has 1 amide bonds. The molecule has 1 saturated carbocycles. The second kappa shape index (κ2) is 7.57. The zero-order chi connectivity index (χ0) is 18.0. The van der Waals surface area contributed by atoms with Crippen molar-refractivity contribution in [2.24, 2.45) is 5.92 Å². The maximum Gasteiger partial charge on any atom is 0.275 e. The van der Waals surface area contributed by atoms with E-state index < -0.39 is 10.0 Å². The second-order valence-electron chi connectivity index (χ2n) is 5.93. The largest absolute Gasteiger partial charge is 0.396 e. The lowest BCUT2D eigenvalue weighted by molar-refractivity contribution is -0.128. The molecule has 1 N–H and O–H groups in total. The number of aliphatic hydroxyl groups excluding tert-OH is 1. The maximum absolute atomic E-state index is 12.9. The lowest BCUT2D eigenvalue weighted by Gasteiger charge is -2.21. The fourth-order valence-corrected chi connectivity index (χ4v) is 5.84. The summed E-state index contributed by atoms with van der Waals surface area (Å²) in [6.07, 6.45) is 0.871. The summed E-state index contributed by atoms with van der Waals surface area (Å²) in [5.41, 5.74) is 1.03. The third-order valence-electron chi connectivity index (χ3n) is 4.19. The Labute approximate surface area is 159 Å². The minimum atomic E-state index is -3.87. The Morgan fingerprint density at radius 2 is 2.12 bits per heavy atom. The molecule has 1 fully saturated rings. The first-order valence-electron chi connectivity index (χ1n) is 7.91. The number of nitrogens with zero attached hydrogens (tertiary/aromatic N) is 1. The predicted molar refractivity (Wildman–Crippen MR) is 99.9 cm³/mol. The molecule has 0 spiro atoms. The number of rotatable bonds is 7. The minimum Gasteiger partial charge on any atom is -0.396 e. The van der Waals surface area contributed by atoms with Gasteiger partial charge in [0.1, 0.15) is 4.21 Å². The summed E-state index contributed by atoms with van der Waals surface area (Å²) in [5.74, 6) is -0.672. The number of sulfonamides is 1. The molecule has 25 heavy (non-hydrogen) atoms. The van der Waals surface area contributed by atoms with Crippen LogP contribution in [0.15, 0.2) is 50.5 Å². The average Bonchev–Trinajstić information content (AvgIpc) is 3.18. The zero-order valence-corrected chi connectivity index (χ0v) is 16.6. The van der Waals surface area contributed by atoms with Gasteiger partial charge in [0.2, 0.25) is 5.91 Å². The van der Waals surface area contributed by atoms with Gasteiger partial charge in [-0.05, 0) is 47.9 Å². The Kier molecular flexibility index (Phi) is 5.62. The summed E-state index contributed by atoms with van der Waals surface area (Å²) in [7, 11) is -3.87. The van der Waals surface area contributed by atoms with E-state index in [1.54, 1.807) is 11.4 Å². The van der Waals surface area contributed by atoms with Crippen molar-refractivity contribution >= 4 is 43.2 Å². The molecular formula is C17H18BrNO4S2. The van der Waals surface area contributed by atoms with Crippen LogP contribution in [0.5, 0.6) is 0 Å². The van der Waals surface area contributed by atoms with Gasteiger partial charge in [-0.2, -0.15) is 0 Å². The topological polar surface area (TPSA) is 74.7 Å². The van der Waals surface area contributed by atoms with Crippen molar-refractivity contribution in [3.05, 3.63) is 51.8 Å². The van der Waals surface area contributed by atoms with Crippen LogP contribution >= 0.6 is 27.3 Å². The van der Waals surface area contributed by atoms with Crippen LogP contribution in [0.25, 0.3) is 0 Å². The Balaban J connectivity index is 1.82. The van der Waals surface area contributed by atoms with E-state index >= 15 is 0 Å². The molecule has 0 saturated heterocycles. The van der Waals surface area contributed by atoms with Crippen LogP contribution in [0, 0.1) is 5.92 Å². The van der Waals surface area contributed by atoms with Crippen molar-refractivity contribution in [1.29, 1.82) is 0 Å². The Morgan fingerprint density at radius 1 is 1.32 bits per heavy atom. The predicted octanol–water partition coefficient (Wildman–Crippen LogP) is 3.21. The zero-order valence-electron chi connectivity index (χ0n) is 13.3. The first kappa shape index (κ1) is 18.6. The monoisotopic (exact) mass is 443 g/mol. The van der Waals surface area contributed by atoms with Crippen molar-refractivity contribution in [3.63, 3.8) is 0 Å². The van der Waals surface area contributed by atoms with Crippen molar-refractivity contribution in [2.45, 2.75) is 23.0 Å². The average molecular weight is 444 g/mol. The van der Waals surface area contributed by atoms with Gasteiger partial charge in [-0.1, -0.05) is 34.1 Å². The van der Waals surface area contributed by atoms with E-state index in [-0.39, 0.29) is 41.5 Å². The second-order valence-corrected chi connectivity index (χ2v) is 9.88. The molecule has 0 aliphatic heterocycles. The van der Waals surface area contributed by atoms with E-state index in [0.29, 0.717) is 6.42 Å². The fraction of sp³-hybridized carbons (Fsp3) is 0.353. The first-order valence-corrected chi connectivity index (χ1v) is 11.0. The summed E-state index contributed by atoms with van der Waals surface area (Å²) >= 11 is 4.51. The SMILES string of the molecule is O=C(C1CC1c1cccc(Br)c1)N(CCCO)S(=O)(=O)c1cccs1. The molecule has 1 aliphatic carbocycles. The van der Waals surface area contributed by atoms with Crippen LogP contribution < -0.4 is 0 Å². The number of amides is 1. The standard InChI is InChI=1S/C17H18BrNO4S2/c18-13-5-1-4-12(10-13)14-11-15(14)17(21)19(7-3-8-20)25(22,23)16-6-2-9-24-16/h1-2,4-6,9-10,14-15,20H,3,7-8,11H2. The highest BCUT2D eigenvalue weighted by Gasteiger charge is 2.48. The van der Waals surface area contributed by atoms with Crippen LogP contribution in [0.2, 0.25) is 0 Å². The molecular weight excluding hydrogens is 426 g/mol. The molecule has 0 radical (unpaired) electrons. The van der Waals surface area contributed by atoms with Crippen LogP contribution in [0.1, 0.15) is 24.3 Å². The highest BCUT2D eigenvalue weighted by molar-refractivity contribution is 9.10. The molecule has 2 atom stereocenters. The van der Waals surface area contributed by atoms with E-state index in [9.17, 15) is 13.2 Å². The van der Waals surface area contributed by atoms with Gasteiger partial charge in [0.15, 0.2) is 0 Å². The maximum atomic E-state index is 12.9. The molecule has 0 bridgehead atoms. The van der Waals surface area contributed by atoms with E-state index in [4.69, 9.17) is 5.11 Å². The summed E-state index contributed by atoms with van der Waals surface area (Å²) in [6.45, 7) is -0.166. The molecule has 1 aliphatic rings. The molecule has 2 unspecified atom stereocenters. The Bertz CT molecular complexity index is 851. The van der Waals surface area contributed by atoms with E-state index in [1.807, 2.05) is 24.3 Å². The summed E-state index contributed by atoms with van der Waals surface area (Å²) < 4.78 is 27.6. The van der Waals surface area contributed by atoms with Gasteiger partial charge >= 0.3 is 0 Å². The number of aliphatic hydroxyl groups is 1. The van der Waals surface area contributed by atoms with Crippen molar-refractivity contribution in [3.8, 4) is 0 Å². The third kappa shape index (κ3) is 3.97. The van der Waals surface area contributed by atoms with Crippen molar-refractivity contribution in [2.75, 3.05) is 13.2 Å². The van der Waals surface area contributed by atoms with Crippen molar-refractivity contribution in [1.82, 2.24) is 4.31 Å². The highest BCUT2D eigenvalue weighted by atomic mass is 79.9. The smallest absolute Gasteiger partial charge is 0.275 e. The van der Waals surface area contributed by atoms with Gasteiger partial charge in [0.05, 0.1) is 0 Å². The van der Waals surface area contributed by atoms with Gasteiger partial charge < -0.3 is 5.11 Å². The summed E-state index contributed by atoms with van der Waals surface area (Å²) in [6, 6.07) is 10.9. The Hall–Kier alpha value is -1.22. The lowest BCUT2D eigenvalue weighted by Crippen LogP contribution is -2.39. The van der Waals surface area contributed by atoms with Gasteiger partial charge in [-0.3, -0.25) is 4.79 Å². The third-order valence-corrected chi connectivity index (χ3v) is 7.85. The van der Waals surface area contributed by atoms with E-state index in [0.717, 1.165) is 25.7 Å². The summed E-state index contributed by atoms with van der Waals surface area (Å²) in [4.78, 5) is 12.9. The molecule has 2 aromatic rings. The normalized spacial score (nSPS) is 19.6. The van der Waals surface area contributed by atoms with Crippen LogP contribution in [0.3, 0.4) is 0 Å². The molecule has 1 aromatic heterocycles. The molecule has 1 aromatic carbocycles. The number of hydrogen-bond acceptors (Lipinski definition) is 5. The van der Waals surface area contributed by atoms with Gasteiger partial charge in [-0.25, -0.2) is 12.7 Å². The molecule has 8 heteroatoms. The molecule has 1 heterocycles. The summed E-state index contributed by atoms with van der Waals surface area (Å²) in [5, 5.41) is 10.7. The number of benzene rings is 1. The number of carbonyl (C=O) groups excluding carboxylic acids is 1. The number of thiophene rings is 1. The lowest BCUT2D eigenvalue weighted by atomic mass is 10.1. The van der Waals surface area contributed by atoms with E-state index in [1.165, 1.54) is 6.07 Å². The minimum absolute atomic E-state index is 0.00271. The van der Waals surface area contributed by atoms with Crippen LogP contribution in [-0.2, 0) is 14.8 Å². The van der Waals surface area contributed by atoms with Crippen LogP contribution in [0.4, 0.5) is 0 Å². The molecule has 5 nitrogen and oxygen atoms in total. The fourth-order valence-electron chi connectivity index (χ4n) is 2.84. The Morgan fingerprint density at radius 3 is 2.76 bits per heavy atom. The van der Waals surface area contributed by atoms with Crippen LogP contribution in [-0.4, -0.2) is 36.9 Å². The first-order chi connectivity index (χ1) is 11.9. The molecule has 3 rings (SSSR count). The highest BCUT2D eigenvalue weighted by Crippen LogP contribution is 2.49. The van der Waals surface area contributed by atoms with Gasteiger partial charge in [-0.15, -0.1) is 11.3 Å². The number of halogens is 1. The molecule has 134 valence electrons. The van der Waals surface area contributed by atoms with Crippen molar-refractivity contribution < 1.29 is 18.3 Å². The number of carbonyl (C=O) groups is 1. The quantitative estimate of drug-likeness (QED) is 0.712. The van der Waals surface area contributed by atoms with Gasteiger partial charge in [0.25, 0.3) is 10.0 Å².